The number of ether oxygens (including phenoxy) is 1. The first kappa shape index (κ1) is 18.3. The predicted octanol–water partition coefficient (Wildman–Crippen LogP) is 2.60. The van der Waals surface area contributed by atoms with Crippen LogP contribution in [-0.2, 0) is 6.54 Å². The van der Waals surface area contributed by atoms with E-state index in [4.69, 9.17) is 9.84 Å². The number of benzene rings is 1. The smallest absolute Gasteiger partial charge is 0.315 e. The van der Waals surface area contributed by atoms with E-state index in [1.165, 1.54) is 0 Å². The molecule has 0 fully saturated rings. The van der Waals surface area contributed by atoms with Crippen molar-refractivity contribution in [1.82, 2.24) is 10.6 Å². The first-order chi connectivity index (χ1) is 10.5. The molecule has 1 aromatic rings. The summed E-state index contributed by atoms with van der Waals surface area (Å²) in [6, 6.07) is 5.66. The zero-order chi connectivity index (χ0) is 16.5. The van der Waals surface area contributed by atoms with E-state index in [2.05, 4.69) is 10.6 Å². The van der Waals surface area contributed by atoms with E-state index in [0.717, 1.165) is 16.9 Å². The Labute approximate surface area is 133 Å². The average Bonchev–Trinajstić information content (AvgIpc) is 2.47. The number of hydrogen-bond donors (Lipinski definition) is 3. The van der Waals surface area contributed by atoms with Crippen molar-refractivity contribution in [2.75, 3.05) is 13.2 Å². The molecule has 1 rings (SSSR count). The Morgan fingerprint density at radius 2 is 2.09 bits per heavy atom. The average molecular weight is 308 g/mol. The molecule has 0 aliphatic carbocycles. The van der Waals surface area contributed by atoms with Crippen molar-refractivity contribution in [3.8, 4) is 5.75 Å². The minimum Gasteiger partial charge on any atom is -0.494 e. The van der Waals surface area contributed by atoms with Crippen LogP contribution >= 0.6 is 0 Å². The molecule has 0 heterocycles. The molecule has 0 radical (unpaired) electrons. The Balaban J connectivity index is 2.51. The summed E-state index contributed by atoms with van der Waals surface area (Å²) < 4.78 is 5.50. The molecule has 1 aromatic carbocycles. The lowest BCUT2D eigenvalue weighted by Crippen LogP contribution is -2.44. The highest BCUT2D eigenvalue weighted by atomic mass is 16.5. The van der Waals surface area contributed by atoms with Gasteiger partial charge in [0.05, 0.1) is 6.61 Å². The van der Waals surface area contributed by atoms with Gasteiger partial charge in [0.25, 0.3) is 0 Å². The number of aryl methyl sites for hydroxylation is 1. The summed E-state index contributed by atoms with van der Waals surface area (Å²) in [5, 5.41) is 14.8. The number of hydrogen-bond acceptors (Lipinski definition) is 3. The number of nitrogens with one attached hydrogen (secondary N) is 2. The van der Waals surface area contributed by atoms with Crippen molar-refractivity contribution in [3.05, 3.63) is 29.3 Å². The molecule has 124 valence electrons. The number of aliphatic hydroxyl groups excluding tert-OH is 1. The highest BCUT2D eigenvalue weighted by Gasteiger charge is 2.15. The van der Waals surface area contributed by atoms with E-state index in [-0.39, 0.29) is 24.6 Å². The molecule has 2 amide bonds. The Morgan fingerprint density at radius 1 is 1.36 bits per heavy atom. The summed E-state index contributed by atoms with van der Waals surface area (Å²) in [4.78, 5) is 11.9. The molecule has 5 nitrogen and oxygen atoms in total. The molecule has 0 aliphatic heterocycles. The quantitative estimate of drug-likeness (QED) is 0.691. The highest BCUT2D eigenvalue weighted by Crippen LogP contribution is 2.19. The van der Waals surface area contributed by atoms with Gasteiger partial charge in [-0.25, -0.2) is 4.79 Å². The van der Waals surface area contributed by atoms with E-state index < -0.39 is 0 Å². The van der Waals surface area contributed by atoms with Gasteiger partial charge in [0, 0.05) is 19.2 Å². The maximum absolute atomic E-state index is 11.9. The second-order valence-corrected chi connectivity index (χ2v) is 5.72. The van der Waals surface area contributed by atoms with Gasteiger partial charge >= 0.3 is 6.03 Å². The zero-order valence-corrected chi connectivity index (χ0v) is 14.0. The molecule has 0 spiro atoms. The third-order valence-electron chi connectivity index (χ3n) is 3.55. The lowest BCUT2D eigenvalue weighted by Gasteiger charge is -2.21. The van der Waals surface area contributed by atoms with Gasteiger partial charge in [0.2, 0.25) is 0 Å². The summed E-state index contributed by atoms with van der Waals surface area (Å²) in [5.41, 5.74) is 2.08. The molecule has 1 unspecified atom stereocenters. The van der Waals surface area contributed by atoms with Gasteiger partial charge in [-0.3, -0.25) is 0 Å². The van der Waals surface area contributed by atoms with Gasteiger partial charge in [-0.05, 0) is 43.4 Å². The van der Waals surface area contributed by atoms with Crippen molar-refractivity contribution in [2.24, 2.45) is 5.92 Å². The van der Waals surface area contributed by atoms with Crippen LogP contribution in [-0.4, -0.2) is 30.4 Å². The first-order valence-electron chi connectivity index (χ1n) is 7.85. The largest absolute Gasteiger partial charge is 0.494 e. The molecule has 3 N–H and O–H groups in total. The van der Waals surface area contributed by atoms with Gasteiger partial charge in [-0.2, -0.15) is 0 Å². The van der Waals surface area contributed by atoms with E-state index >= 15 is 0 Å². The maximum Gasteiger partial charge on any atom is 0.315 e. The molecule has 1 atom stereocenters. The molecule has 5 heteroatoms. The predicted molar refractivity (Wildman–Crippen MR) is 88.0 cm³/mol. The summed E-state index contributed by atoms with van der Waals surface area (Å²) in [6.07, 6.45) is 0.563. The minimum absolute atomic E-state index is 0.0212. The molecule has 22 heavy (non-hydrogen) atoms. The lowest BCUT2D eigenvalue weighted by atomic mass is 10.0. The number of rotatable bonds is 8. The van der Waals surface area contributed by atoms with E-state index in [1.54, 1.807) is 0 Å². The number of amides is 2. The molecule has 0 bridgehead atoms. The number of aliphatic hydroxyl groups is 1. The molecule has 0 aromatic heterocycles. The molecule has 0 saturated carbocycles. The fraction of sp³-hybridized carbons (Fsp3) is 0.588. The summed E-state index contributed by atoms with van der Waals surface area (Å²) in [6.45, 7) is 9.17. The van der Waals surface area contributed by atoms with Gasteiger partial charge in [0.15, 0.2) is 0 Å². The van der Waals surface area contributed by atoms with Crippen LogP contribution in [0.1, 0.15) is 38.3 Å². The van der Waals surface area contributed by atoms with Crippen LogP contribution in [0.4, 0.5) is 4.79 Å². The van der Waals surface area contributed by atoms with Crippen LogP contribution in [0.15, 0.2) is 18.2 Å². The van der Waals surface area contributed by atoms with Gasteiger partial charge < -0.3 is 20.5 Å². The molecular weight excluding hydrogens is 280 g/mol. The summed E-state index contributed by atoms with van der Waals surface area (Å²) >= 11 is 0. The Bertz CT molecular complexity index is 475. The van der Waals surface area contributed by atoms with E-state index in [9.17, 15) is 4.79 Å². The van der Waals surface area contributed by atoms with Crippen molar-refractivity contribution in [1.29, 1.82) is 0 Å². The Kier molecular flexibility index (Phi) is 7.74. The van der Waals surface area contributed by atoms with Crippen LogP contribution in [0.5, 0.6) is 5.75 Å². The second-order valence-electron chi connectivity index (χ2n) is 5.72. The zero-order valence-electron chi connectivity index (χ0n) is 14.0. The molecule has 0 saturated heterocycles. The van der Waals surface area contributed by atoms with Gasteiger partial charge in [-0.15, -0.1) is 0 Å². The number of carbonyl (C=O) groups excluding carboxylic acids is 1. The van der Waals surface area contributed by atoms with Crippen molar-refractivity contribution < 1.29 is 14.6 Å². The van der Waals surface area contributed by atoms with Crippen molar-refractivity contribution in [2.45, 2.75) is 46.7 Å². The lowest BCUT2D eigenvalue weighted by molar-refractivity contribution is 0.218. The fourth-order valence-corrected chi connectivity index (χ4v) is 2.25. The van der Waals surface area contributed by atoms with Crippen LogP contribution in [0.25, 0.3) is 0 Å². The first-order valence-corrected chi connectivity index (χ1v) is 7.85. The Hall–Kier alpha value is -1.75. The van der Waals surface area contributed by atoms with Gasteiger partial charge in [-0.1, -0.05) is 26.0 Å². The van der Waals surface area contributed by atoms with E-state index in [1.807, 2.05) is 45.9 Å². The summed E-state index contributed by atoms with van der Waals surface area (Å²) in [5.74, 6) is 1.16. The van der Waals surface area contributed by atoms with E-state index in [0.29, 0.717) is 19.6 Å². The highest BCUT2D eigenvalue weighted by molar-refractivity contribution is 5.74. The van der Waals surface area contributed by atoms with Crippen LogP contribution < -0.4 is 15.4 Å². The normalized spacial score (nSPS) is 12.1. The standard InChI is InChI=1S/C17H28N2O3/c1-5-22-16-7-6-14(10-13(16)4)11-18-17(21)19-15(8-9-20)12(2)3/h6-7,10,12,15,20H,5,8-9,11H2,1-4H3,(H2,18,19,21). The van der Waals surface area contributed by atoms with Crippen LogP contribution in [0, 0.1) is 12.8 Å². The molecular formula is C17H28N2O3. The minimum atomic E-state index is -0.210. The fourth-order valence-electron chi connectivity index (χ4n) is 2.25. The topological polar surface area (TPSA) is 70.6 Å². The number of carbonyl (C=O) groups is 1. The SMILES string of the molecule is CCOc1ccc(CNC(=O)NC(CCO)C(C)C)cc1C. The summed E-state index contributed by atoms with van der Waals surface area (Å²) in [7, 11) is 0. The Morgan fingerprint density at radius 3 is 2.64 bits per heavy atom. The third-order valence-corrected chi connectivity index (χ3v) is 3.55. The van der Waals surface area contributed by atoms with Crippen molar-refractivity contribution >= 4 is 6.03 Å². The second kappa shape index (κ2) is 9.30. The van der Waals surface area contributed by atoms with Crippen molar-refractivity contribution in [3.63, 3.8) is 0 Å². The van der Waals surface area contributed by atoms with Gasteiger partial charge in [0.1, 0.15) is 5.75 Å². The monoisotopic (exact) mass is 308 g/mol. The molecule has 0 aliphatic rings. The van der Waals surface area contributed by atoms with Crippen LogP contribution in [0.2, 0.25) is 0 Å². The number of urea groups is 1. The third kappa shape index (κ3) is 5.93. The van der Waals surface area contributed by atoms with Crippen LogP contribution in [0.3, 0.4) is 0 Å². The maximum atomic E-state index is 11.9.